The van der Waals surface area contributed by atoms with E-state index in [-0.39, 0.29) is 60.0 Å². The molecular weight excluding hydrogens is 627 g/mol. The summed E-state index contributed by atoms with van der Waals surface area (Å²) in [5, 5.41) is 3.81. The molecule has 0 radical (unpaired) electrons. The van der Waals surface area contributed by atoms with Gasteiger partial charge in [0.25, 0.3) is 0 Å². The van der Waals surface area contributed by atoms with E-state index in [2.05, 4.69) is 21.1 Å². The molecule has 0 aliphatic carbocycles. The third-order valence-electron chi connectivity index (χ3n) is 11.3. The van der Waals surface area contributed by atoms with Crippen molar-refractivity contribution in [1.82, 2.24) is 25.2 Å². The van der Waals surface area contributed by atoms with E-state index in [4.69, 9.17) is 21.1 Å². The first-order valence-corrected chi connectivity index (χ1v) is 16.6. The highest BCUT2D eigenvalue weighted by Crippen LogP contribution is 2.49. The molecule has 48 heavy (non-hydrogen) atoms. The molecule has 0 amide bonds. The lowest BCUT2D eigenvalue weighted by Crippen LogP contribution is -2.68. The summed E-state index contributed by atoms with van der Waals surface area (Å²) >= 11 is 0. The summed E-state index contributed by atoms with van der Waals surface area (Å²) in [6, 6.07) is 7.04. The molecule has 248 valence electrons. The third kappa shape index (κ3) is 4.36. The number of ether oxygens (including phenoxy) is 1. The number of terminal acetylenes is 1. The highest BCUT2D eigenvalue weighted by Gasteiger charge is 2.60. The third-order valence-corrected chi connectivity index (χ3v) is 11.3. The van der Waals surface area contributed by atoms with Crippen molar-refractivity contribution in [2.45, 2.75) is 80.7 Å². The number of fused-ring (bicyclic) bond motifs is 7. The largest absolute Gasteiger partial charge is 0.461 e. The normalized spacial score (nSPS) is 31.0. The Balaban J connectivity index is 1.26. The van der Waals surface area contributed by atoms with Gasteiger partial charge in [0, 0.05) is 36.8 Å². The molecule has 7 heterocycles. The van der Waals surface area contributed by atoms with Crippen molar-refractivity contribution >= 4 is 27.5 Å². The van der Waals surface area contributed by atoms with E-state index in [0.29, 0.717) is 54.3 Å². The number of rotatable bonds is 4. The van der Waals surface area contributed by atoms with Crippen molar-refractivity contribution in [2.24, 2.45) is 0 Å². The van der Waals surface area contributed by atoms with E-state index in [1.807, 2.05) is 0 Å². The van der Waals surface area contributed by atoms with E-state index < -0.39 is 41.0 Å². The molecule has 9 rings (SSSR count). The Morgan fingerprint density at radius 3 is 2.77 bits per heavy atom. The first-order valence-electron chi connectivity index (χ1n) is 16.6. The van der Waals surface area contributed by atoms with Crippen LogP contribution >= 0.6 is 0 Å². The number of alkyl halides is 3. The average Bonchev–Trinajstić information content (AvgIpc) is 3.68. The highest BCUT2D eigenvalue weighted by molar-refractivity contribution is 6.02. The summed E-state index contributed by atoms with van der Waals surface area (Å²) in [7, 11) is 0. The minimum absolute atomic E-state index is 0.00143. The molecule has 5 aliphatic heterocycles. The number of nitrogens with one attached hydrogen (secondary N) is 1. The quantitative estimate of drug-likeness (QED) is 0.157. The molecule has 2 aromatic heterocycles. The Hall–Kier alpha value is -4.08. The molecule has 4 saturated heterocycles. The van der Waals surface area contributed by atoms with Gasteiger partial charge < -0.3 is 9.64 Å². The van der Waals surface area contributed by atoms with Gasteiger partial charge in [0.15, 0.2) is 17.4 Å². The van der Waals surface area contributed by atoms with Crippen LogP contribution in [0.5, 0.6) is 6.01 Å². The number of hydrogen-bond donors (Lipinski definition) is 1. The Kier molecular flexibility index (Phi) is 6.54. The molecule has 1 N–H and O–H groups in total. The SMILES string of the molecule is C#Cc1c(F)ccc2cccc(-c3nc4c5c(nc(OC[C@@]67CCCN6C[C@H](F)C7)nc5c3F)N3C[C@@]5(F)CC[C@](F)(N5)[C@H]3CCC4)c12. The lowest BCUT2D eigenvalue weighted by atomic mass is 9.91. The Labute approximate surface area is 273 Å². The van der Waals surface area contributed by atoms with E-state index in [1.54, 1.807) is 29.2 Å². The number of benzene rings is 2. The van der Waals surface area contributed by atoms with Crippen LogP contribution < -0.4 is 15.0 Å². The molecule has 0 spiro atoms. The van der Waals surface area contributed by atoms with Crippen LogP contribution in [0.25, 0.3) is 32.9 Å². The number of anilines is 1. The van der Waals surface area contributed by atoms with Crippen molar-refractivity contribution in [3.8, 4) is 29.6 Å². The predicted octanol–water partition coefficient (Wildman–Crippen LogP) is 6.30. The van der Waals surface area contributed by atoms with Crippen LogP contribution in [0.15, 0.2) is 30.3 Å². The van der Waals surface area contributed by atoms with Crippen LogP contribution in [0.3, 0.4) is 0 Å². The number of pyridine rings is 1. The number of piperazine rings is 1. The molecular formula is C36H33F5N6O. The molecule has 5 aliphatic rings. The van der Waals surface area contributed by atoms with Crippen molar-refractivity contribution < 1.29 is 26.7 Å². The minimum atomic E-state index is -2.00. The van der Waals surface area contributed by atoms with Gasteiger partial charge in [0.2, 0.25) is 0 Å². The number of aryl methyl sites for hydroxylation is 1. The summed E-state index contributed by atoms with van der Waals surface area (Å²) in [5.41, 5.74) is 0.0258. The maximum absolute atomic E-state index is 17.1. The zero-order chi connectivity index (χ0) is 33.0. The fraction of sp³-hybridized carbons (Fsp3) is 0.472. The van der Waals surface area contributed by atoms with E-state index in [0.717, 1.165) is 19.4 Å². The van der Waals surface area contributed by atoms with Crippen molar-refractivity contribution in [3.63, 3.8) is 0 Å². The van der Waals surface area contributed by atoms with Crippen LogP contribution in [0, 0.1) is 24.0 Å². The molecule has 0 saturated carbocycles. The summed E-state index contributed by atoms with van der Waals surface area (Å²) in [5.74, 6) is -2.86. The minimum Gasteiger partial charge on any atom is -0.461 e. The number of nitrogens with zero attached hydrogens (tertiary/aromatic N) is 5. The average molecular weight is 661 g/mol. The van der Waals surface area contributed by atoms with Gasteiger partial charge in [-0.25, -0.2) is 32.3 Å². The highest BCUT2D eigenvalue weighted by atomic mass is 19.2. The second-order valence-corrected chi connectivity index (χ2v) is 14.1. The molecule has 2 bridgehead atoms. The topological polar surface area (TPSA) is 66.4 Å². The van der Waals surface area contributed by atoms with Crippen molar-refractivity contribution in [3.05, 3.63) is 53.2 Å². The van der Waals surface area contributed by atoms with Gasteiger partial charge in [-0.05, 0) is 50.1 Å². The van der Waals surface area contributed by atoms with Gasteiger partial charge >= 0.3 is 6.01 Å². The monoisotopic (exact) mass is 660 g/mol. The van der Waals surface area contributed by atoms with Crippen LogP contribution in [0.4, 0.5) is 27.8 Å². The molecule has 4 aromatic rings. The van der Waals surface area contributed by atoms with Crippen molar-refractivity contribution in [2.75, 3.05) is 31.1 Å². The first kappa shape index (κ1) is 30.0. The first-order chi connectivity index (χ1) is 23.1. The fourth-order valence-electron chi connectivity index (χ4n) is 9.12. The van der Waals surface area contributed by atoms with Gasteiger partial charge in [0.05, 0.1) is 34.8 Å². The maximum atomic E-state index is 17.1. The second kappa shape index (κ2) is 10.5. The Morgan fingerprint density at radius 1 is 1.04 bits per heavy atom. The molecule has 0 unspecified atom stereocenters. The predicted molar refractivity (Wildman–Crippen MR) is 171 cm³/mol. The van der Waals surface area contributed by atoms with E-state index in [9.17, 15) is 8.78 Å². The van der Waals surface area contributed by atoms with E-state index >= 15 is 13.2 Å². The zero-order valence-corrected chi connectivity index (χ0v) is 26.1. The van der Waals surface area contributed by atoms with Crippen LogP contribution in [0.2, 0.25) is 0 Å². The lowest BCUT2D eigenvalue weighted by Gasteiger charge is -2.47. The Bertz CT molecular complexity index is 2060. The second-order valence-electron chi connectivity index (χ2n) is 14.1. The van der Waals surface area contributed by atoms with Gasteiger partial charge in [-0.1, -0.05) is 30.2 Å². The molecule has 2 aromatic carbocycles. The van der Waals surface area contributed by atoms with Crippen LogP contribution in [-0.2, 0) is 6.42 Å². The smallest absolute Gasteiger partial charge is 0.319 e. The van der Waals surface area contributed by atoms with Gasteiger partial charge in [-0.15, -0.1) is 6.42 Å². The summed E-state index contributed by atoms with van der Waals surface area (Å²) in [6.07, 6.45) is 7.89. The van der Waals surface area contributed by atoms with Gasteiger partial charge in [0.1, 0.15) is 35.6 Å². The summed E-state index contributed by atoms with van der Waals surface area (Å²) < 4.78 is 85.2. The number of hydrogen-bond acceptors (Lipinski definition) is 7. The zero-order valence-electron chi connectivity index (χ0n) is 26.1. The van der Waals surface area contributed by atoms with Crippen LogP contribution in [-0.4, -0.2) is 75.4 Å². The number of halogens is 5. The van der Waals surface area contributed by atoms with Crippen molar-refractivity contribution in [1.29, 1.82) is 0 Å². The van der Waals surface area contributed by atoms with Gasteiger partial charge in [-0.2, -0.15) is 9.97 Å². The van der Waals surface area contributed by atoms with Gasteiger partial charge in [-0.3, -0.25) is 4.90 Å². The number of aromatic nitrogens is 3. The van der Waals surface area contributed by atoms with E-state index in [1.165, 1.54) is 6.07 Å². The Morgan fingerprint density at radius 2 is 1.92 bits per heavy atom. The maximum Gasteiger partial charge on any atom is 0.319 e. The molecule has 5 atom stereocenters. The molecule has 12 heteroatoms. The fourth-order valence-corrected chi connectivity index (χ4v) is 9.12. The standard InChI is InChI=1S/C36H33F5N6O/c1-2-22-24(38)11-10-20-6-3-7-23(27(20)22)30-29(39)31-28-25(42-30)8-4-9-26-36(41)14-13-35(40,45-36)18-47(26)32(28)44-33(43-31)48-19-34-12-5-15-46(34)17-21(37)16-34/h1,3,6-7,10-11,21,26,45H,4-5,8-9,12-19H2/t21-,26-,34+,35-,36+/m1/s1. The summed E-state index contributed by atoms with van der Waals surface area (Å²) in [4.78, 5) is 17.8. The summed E-state index contributed by atoms with van der Waals surface area (Å²) in [6.45, 7) is 0.966. The lowest BCUT2D eigenvalue weighted by molar-refractivity contribution is 0.00892. The molecule has 7 nitrogen and oxygen atoms in total. The molecule has 4 fully saturated rings. The van der Waals surface area contributed by atoms with Crippen LogP contribution in [0.1, 0.15) is 56.2 Å².